The Bertz CT molecular complexity index is 1120. The monoisotopic (exact) mass is 389 g/mol. The molecule has 1 unspecified atom stereocenters. The zero-order chi connectivity index (χ0) is 19.3. The molecule has 2 aromatic heterocycles. The summed E-state index contributed by atoms with van der Waals surface area (Å²) in [6.45, 7) is 0.489. The van der Waals surface area contributed by atoms with E-state index in [1.807, 2.05) is 30.3 Å². The van der Waals surface area contributed by atoms with E-state index in [0.717, 1.165) is 10.2 Å². The Morgan fingerprint density at radius 3 is 2.71 bits per heavy atom. The van der Waals surface area contributed by atoms with Crippen molar-refractivity contribution in [2.24, 2.45) is 0 Å². The number of halogens is 1. The van der Waals surface area contributed by atoms with Crippen LogP contribution in [0.5, 0.6) is 0 Å². The van der Waals surface area contributed by atoms with Crippen LogP contribution in [-0.2, 0) is 6.42 Å². The Morgan fingerprint density at radius 1 is 1.07 bits per heavy atom. The minimum absolute atomic E-state index is 0.223. The Balaban J connectivity index is 1.50. The quantitative estimate of drug-likeness (QED) is 0.524. The summed E-state index contributed by atoms with van der Waals surface area (Å²) in [5.74, 6) is -0.373. The number of nitriles is 1. The summed E-state index contributed by atoms with van der Waals surface area (Å²) in [4.78, 5) is 13.3. The minimum atomic E-state index is -0.562. The van der Waals surface area contributed by atoms with Crippen LogP contribution in [0.1, 0.15) is 22.2 Å². The van der Waals surface area contributed by atoms with Crippen LogP contribution in [0.15, 0.2) is 60.8 Å². The molecule has 2 heterocycles. The first-order valence-corrected chi connectivity index (χ1v) is 9.61. The van der Waals surface area contributed by atoms with Crippen LogP contribution in [0, 0.1) is 17.1 Å². The standard InChI is InChI=1S/C21H16FN5S/c22-16-6-2-1-5-14(16)9-11-24-21-25-12-10-17(27-21)15(13-23)20-26-18-7-3-4-8-19(18)28-20/h1-8,10,12,15H,9,11H2,(H,24,25,27). The molecule has 1 atom stereocenters. The second-order valence-electron chi connectivity index (χ2n) is 6.16. The highest BCUT2D eigenvalue weighted by atomic mass is 32.1. The van der Waals surface area contributed by atoms with Crippen LogP contribution in [0.4, 0.5) is 10.3 Å². The van der Waals surface area contributed by atoms with Gasteiger partial charge in [-0.25, -0.2) is 19.3 Å². The van der Waals surface area contributed by atoms with Crippen molar-refractivity contribution >= 4 is 27.5 Å². The summed E-state index contributed by atoms with van der Waals surface area (Å²) < 4.78 is 14.7. The van der Waals surface area contributed by atoms with Crippen LogP contribution in [0.2, 0.25) is 0 Å². The van der Waals surface area contributed by atoms with E-state index in [0.29, 0.717) is 35.2 Å². The van der Waals surface area contributed by atoms with Gasteiger partial charge in [0.05, 0.1) is 22.0 Å². The molecular formula is C21H16FN5S. The molecule has 4 rings (SSSR count). The number of nitrogens with zero attached hydrogens (tertiary/aromatic N) is 4. The highest BCUT2D eigenvalue weighted by molar-refractivity contribution is 7.18. The van der Waals surface area contributed by atoms with E-state index in [2.05, 4.69) is 26.3 Å². The predicted octanol–water partition coefficient (Wildman–Crippen LogP) is 4.54. The number of aromatic nitrogens is 3. The van der Waals surface area contributed by atoms with Crippen LogP contribution in [0.3, 0.4) is 0 Å². The molecule has 0 aliphatic carbocycles. The van der Waals surface area contributed by atoms with Crippen LogP contribution >= 0.6 is 11.3 Å². The van der Waals surface area contributed by atoms with Gasteiger partial charge in [-0.3, -0.25) is 0 Å². The first-order valence-electron chi connectivity index (χ1n) is 8.80. The normalized spacial score (nSPS) is 11.9. The van der Waals surface area contributed by atoms with Gasteiger partial charge in [-0.2, -0.15) is 5.26 Å². The highest BCUT2D eigenvalue weighted by Crippen LogP contribution is 2.30. The molecule has 0 spiro atoms. The van der Waals surface area contributed by atoms with Crippen molar-refractivity contribution in [1.29, 1.82) is 5.26 Å². The van der Waals surface area contributed by atoms with E-state index in [1.54, 1.807) is 24.4 Å². The molecule has 2 aromatic carbocycles. The first kappa shape index (κ1) is 18.0. The van der Waals surface area contributed by atoms with Crippen molar-refractivity contribution < 1.29 is 4.39 Å². The van der Waals surface area contributed by atoms with Crippen molar-refractivity contribution in [2.45, 2.75) is 12.3 Å². The smallest absolute Gasteiger partial charge is 0.222 e. The van der Waals surface area contributed by atoms with Crippen molar-refractivity contribution in [3.8, 4) is 6.07 Å². The molecule has 0 saturated carbocycles. The van der Waals surface area contributed by atoms with E-state index in [-0.39, 0.29) is 5.82 Å². The summed E-state index contributed by atoms with van der Waals surface area (Å²) in [5, 5.41) is 13.5. The lowest BCUT2D eigenvalue weighted by Gasteiger charge is -2.09. The van der Waals surface area contributed by atoms with Crippen LogP contribution in [0.25, 0.3) is 10.2 Å². The van der Waals surface area contributed by atoms with Crippen molar-refractivity contribution in [3.63, 3.8) is 0 Å². The van der Waals surface area contributed by atoms with Crippen molar-refractivity contribution in [1.82, 2.24) is 15.0 Å². The SMILES string of the molecule is N#CC(c1ccnc(NCCc2ccccc2F)n1)c1nc2ccccc2s1. The Morgan fingerprint density at radius 2 is 1.89 bits per heavy atom. The lowest BCUT2D eigenvalue weighted by Crippen LogP contribution is -2.10. The van der Waals surface area contributed by atoms with Crippen LogP contribution < -0.4 is 5.32 Å². The number of benzene rings is 2. The second kappa shape index (κ2) is 8.11. The summed E-state index contributed by atoms with van der Waals surface area (Å²) >= 11 is 1.49. The van der Waals surface area contributed by atoms with Gasteiger partial charge in [-0.1, -0.05) is 30.3 Å². The number of hydrogen-bond donors (Lipinski definition) is 1. The fourth-order valence-electron chi connectivity index (χ4n) is 2.89. The van der Waals surface area contributed by atoms with E-state index < -0.39 is 5.92 Å². The van der Waals surface area contributed by atoms with E-state index in [9.17, 15) is 9.65 Å². The van der Waals surface area contributed by atoms with Gasteiger partial charge in [0.2, 0.25) is 5.95 Å². The maximum Gasteiger partial charge on any atom is 0.222 e. The Kier molecular flexibility index (Phi) is 5.22. The fraction of sp³-hybridized carbons (Fsp3) is 0.143. The summed E-state index contributed by atoms with van der Waals surface area (Å²) in [6.07, 6.45) is 2.13. The van der Waals surface area contributed by atoms with Gasteiger partial charge >= 0.3 is 0 Å². The molecule has 0 fully saturated rings. The van der Waals surface area contributed by atoms with Gasteiger partial charge in [0, 0.05) is 12.7 Å². The molecule has 0 aliphatic rings. The Hall–Kier alpha value is -3.37. The topological polar surface area (TPSA) is 74.5 Å². The molecule has 4 aromatic rings. The molecule has 0 aliphatic heterocycles. The summed E-state index contributed by atoms with van der Waals surface area (Å²) in [6, 6.07) is 18.5. The number of fused-ring (bicyclic) bond motifs is 1. The van der Waals surface area contributed by atoms with Gasteiger partial charge in [0.1, 0.15) is 16.7 Å². The molecule has 1 N–H and O–H groups in total. The minimum Gasteiger partial charge on any atom is -0.354 e. The predicted molar refractivity (Wildman–Crippen MR) is 108 cm³/mol. The Labute approximate surface area is 165 Å². The van der Waals surface area contributed by atoms with Crippen LogP contribution in [-0.4, -0.2) is 21.5 Å². The number of anilines is 1. The van der Waals surface area contributed by atoms with Gasteiger partial charge in [-0.05, 0) is 36.2 Å². The van der Waals surface area contributed by atoms with Gasteiger partial charge in [0.25, 0.3) is 0 Å². The lowest BCUT2D eigenvalue weighted by molar-refractivity contribution is 0.610. The van der Waals surface area contributed by atoms with E-state index >= 15 is 0 Å². The molecular weight excluding hydrogens is 373 g/mol. The third-order valence-corrected chi connectivity index (χ3v) is 5.40. The molecule has 28 heavy (non-hydrogen) atoms. The first-order chi connectivity index (χ1) is 13.7. The third-order valence-electron chi connectivity index (χ3n) is 4.29. The molecule has 0 bridgehead atoms. The highest BCUT2D eigenvalue weighted by Gasteiger charge is 2.20. The van der Waals surface area contributed by atoms with Gasteiger partial charge in [-0.15, -0.1) is 11.3 Å². The van der Waals surface area contributed by atoms with Gasteiger partial charge in [0.15, 0.2) is 0 Å². The van der Waals surface area contributed by atoms with Gasteiger partial charge < -0.3 is 5.32 Å². The number of thiazole rings is 1. The maximum absolute atomic E-state index is 13.7. The number of hydrogen-bond acceptors (Lipinski definition) is 6. The summed E-state index contributed by atoms with van der Waals surface area (Å²) in [7, 11) is 0. The maximum atomic E-state index is 13.7. The molecule has 0 radical (unpaired) electrons. The second-order valence-corrected chi connectivity index (χ2v) is 7.22. The number of rotatable bonds is 6. The number of nitrogens with one attached hydrogen (secondary N) is 1. The van der Waals surface area contributed by atoms with E-state index in [1.165, 1.54) is 17.4 Å². The third kappa shape index (κ3) is 3.82. The lowest BCUT2D eigenvalue weighted by atomic mass is 10.1. The van der Waals surface area contributed by atoms with Crippen molar-refractivity contribution in [2.75, 3.05) is 11.9 Å². The number of para-hydroxylation sites is 1. The molecule has 5 nitrogen and oxygen atoms in total. The van der Waals surface area contributed by atoms with Crippen molar-refractivity contribution in [3.05, 3.63) is 82.9 Å². The average Bonchev–Trinajstić information content (AvgIpc) is 3.14. The molecule has 7 heteroatoms. The zero-order valence-electron chi connectivity index (χ0n) is 14.8. The van der Waals surface area contributed by atoms with E-state index in [4.69, 9.17) is 0 Å². The molecule has 0 amide bonds. The fourth-order valence-corrected chi connectivity index (χ4v) is 3.92. The molecule has 0 saturated heterocycles. The largest absolute Gasteiger partial charge is 0.354 e. The summed E-state index contributed by atoms with van der Waals surface area (Å²) in [5.41, 5.74) is 2.10. The molecule has 138 valence electrons. The zero-order valence-corrected chi connectivity index (χ0v) is 15.7. The average molecular weight is 389 g/mol.